The summed E-state index contributed by atoms with van der Waals surface area (Å²) < 4.78 is 0. The second kappa shape index (κ2) is 5.11. The number of fused-ring (bicyclic) bond motifs is 1. The molecular formula is C16H16ClN. The Labute approximate surface area is 112 Å². The standard InChI is InChI=1S/C16H16ClN/c17-14-8-2-1-5-13(11-14)15-9-3-6-12-7-4-10-18-16(12)15/h3-4,6-7,9-11,14H,1-2,5,8H2. The smallest absolute Gasteiger partial charge is 0.0776 e. The Morgan fingerprint density at radius 1 is 1.11 bits per heavy atom. The normalized spacial score (nSPS) is 20.5. The molecule has 2 aromatic rings. The molecule has 1 nitrogen and oxygen atoms in total. The topological polar surface area (TPSA) is 12.9 Å². The van der Waals surface area contributed by atoms with Gasteiger partial charge in [0.2, 0.25) is 0 Å². The first-order chi connectivity index (χ1) is 8.84. The minimum atomic E-state index is 0.168. The number of pyridine rings is 1. The molecule has 1 unspecified atom stereocenters. The predicted molar refractivity (Wildman–Crippen MR) is 77.8 cm³/mol. The Morgan fingerprint density at radius 3 is 2.94 bits per heavy atom. The predicted octanol–water partition coefficient (Wildman–Crippen LogP) is 4.80. The number of hydrogen-bond acceptors (Lipinski definition) is 1. The first kappa shape index (κ1) is 11.7. The zero-order chi connectivity index (χ0) is 12.4. The Hall–Kier alpha value is -1.34. The van der Waals surface area contributed by atoms with E-state index in [1.54, 1.807) is 0 Å². The number of alkyl halides is 1. The van der Waals surface area contributed by atoms with Crippen molar-refractivity contribution in [1.82, 2.24) is 4.98 Å². The van der Waals surface area contributed by atoms with E-state index in [9.17, 15) is 0 Å². The molecule has 2 heteroatoms. The van der Waals surface area contributed by atoms with Gasteiger partial charge >= 0.3 is 0 Å². The number of benzene rings is 1. The average molecular weight is 258 g/mol. The van der Waals surface area contributed by atoms with Crippen molar-refractivity contribution in [3.8, 4) is 0 Å². The van der Waals surface area contributed by atoms with E-state index in [-0.39, 0.29) is 5.38 Å². The number of para-hydroxylation sites is 1. The van der Waals surface area contributed by atoms with Crippen molar-refractivity contribution in [2.45, 2.75) is 31.1 Å². The molecule has 92 valence electrons. The van der Waals surface area contributed by atoms with Crippen molar-refractivity contribution in [2.75, 3.05) is 0 Å². The van der Waals surface area contributed by atoms with Crippen LogP contribution in [-0.4, -0.2) is 10.4 Å². The molecule has 0 N–H and O–H groups in total. The summed E-state index contributed by atoms with van der Waals surface area (Å²) in [5.74, 6) is 0. The molecule has 1 aliphatic carbocycles. The quantitative estimate of drug-likeness (QED) is 0.669. The Balaban J connectivity index is 2.13. The van der Waals surface area contributed by atoms with Crippen LogP contribution in [0.1, 0.15) is 31.2 Å². The average Bonchev–Trinajstić information content (AvgIpc) is 2.63. The molecule has 1 atom stereocenters. The maximum Gasteiger partial charge on any atom is 0.0776 e. The summed E-state index contributed by atoms with van der Waals surface area (Å²) >= 11 is 6.32. The zero-order valence-corrected chi connectivity index (χ0v) is 11.0. The molecule has 0 aliphatic heterocycles. The number of allylic oxidation sites excluding steroid dienone is 2. The van der Waals surface area contributed by atoms with E-state index in [0.717, 1.165) is 18.4 Å². The van der Waals surface area contributed by atoms with E-state index in [1.165, 1.54) is 29.4 Å². The fourth-order valence-corrected chi connectivity index (χ4v) is 2.93. The van der Waals surface area contributed by atoms with Gasteiger partial charge in [-0.05, 0) is 30.9 Å². The van der Waals surface area contributed by atoms with Crippen molar-refractivity contribution in [2.24, 2.45) is 0 Å². The zero-order valence-electron chi connectivity index (χ0n) is 10.3. The fourth-order valence-electron chi connectivity index (χ4n) is 2.63. The van der Waals surface area contributed by atoms with Crippen LogP contribution in [0.3, 0.4) is 0 Å². The van der Waals surface area contributed by atoms with Gasteiger partial charge in [-0.15, -0.1) is 11.6 Å². The maximum absolute atomic E-state index is 6.32. The molecule has 1 aromatic carbocycles. The number of rotatable bonds is 1. The summed E-state index contributed by atoms with van der Waals surface area (Å²) in [6.45, 7) is 0. The molecule has 3 rings (SSSR count). The van der Waals surface area contributed by atoms with Gasteiger partial charge in [0.1, 0.15) is 0 Å². The summed E-state index contributed by atoms with van der Waals surface area (Å²) in [7, 11) is 0. The molecule has 1 heterocycles. The van der Waals surface area contributed by atoms with E-state index in [4.69, 9.17) is 11.6 Å². The van der Waals surface area contributed by atoms with Crippen LogP contribution in [0.2, 0.25) is 0 Å². The summed E-state index contributed by atoms with van der Waals surface area (Å²) in [6.07, 6.45) is 8.71. The van der Waals surface area contributed by atoms with Crippen LogP contribution < -0.4 is 0 Å². The summed E-state index contributed by atoms with van der Waals surface area (Å²) in [5, 5.41) is 1.37. The van der Waals surface area contributed by atoms with E-state index >= 15 is 0 Å². The third kappa shape index (κ3) is 2.28. The van der Waals surface area contributed by atoms with Crippen LogP contribution in [-0.2, 0) is 0 Å². The lowest BCUT2D eigenvalue weighted by atomic mass is 9.98. The number of halogens is 1. The molecule has 0 bridgehead atoms. The van der Waals surface area contributed by atoms with Gasteiger partial charge < -0.3 is 0 Å². The van der Waals surface area contributed by atoms with Gasteiger partial charge in [0.25, 0.3) is 0 Å². The highest BCUT2D eigenvalue weighted by Gasteiger charge is 2.13. The molecular weight excluding hydrogens is 242 g/mol. The second-order valence-electron chi connectivity index (χ2n) is 4.83. The molecule has 0 saturated carbocycles. The largest absolute Gasteiger partial charge is 0.256 e. The van der Waals surface area contributed by atoms with Crippen LogP contribution in [0, 0.1) is 0 Å². The lowest BCUT2D eigenvalue weighted by Gasteiger charge is -2.09. The molecule has 0 fully saturated rings. The van der Waals surface area contributed by atoms with Gasteiger partial charge in [-0.2, -0.15) is 0 Å². The van der Waals surface area contributed by atoms with E-state index in [1.807, 2.05) is 12.3 Å². The van der Waals surface area contributed by atoms with Gasteiger partial charge in [0, 0.05) is 17.1 Å². The van der Waals surface area contributed by atoms with Crippen LogP contribution in [0.4, 0.5) is 0 Å². The first-order valence-electron chi connectivity index (χ1n) is 6.53. The molecule has 1 aromatic heterocycles. The molecule has 0 amide bonds. The first-order valence-corrected chi connectivity index (χ1v) is 6.97. The SMILES string of the molecule is ClC1C=C(c2cccc3cccnc23)CCCC1. The van der Waals surface area contributed by atoms with Crippen LogP contribution in [0.15, 0.2) is 42.6 Å². The maximum atomic E-state index is 6.32. The van der Waals surface area contributed by atoms with Crippen molar-refractivity contribution < 1.29 is 0 Å². The van der Waals surface area contributed by atoms with Crippen molar-refractivity contribution >= 4 is 28.1 Å². The van der Waals surface area contributed by atoms with Crippen molar-refractivity contribution in [3.05, 3.63) is 48.2 Å². The lowest BCUT2D eigenvalue weighted by Crippen LogP contribution is -1.93. The highest BCUT2D eigenvalue weighted by atomic mass is 35.5. The van der Waals surface area contributed by atoms with E-state index < -0.39 is 0 Å². The minimum absolute atomic E-state index is 0.168. The Kier molecular flexibility index (Phi) is 3.33. The van der Waals surface area contributed by atoms with E-state index in [2.05, 4.69) is 35.3 Å². The summed E-state index contributed by atoms with van der Waals surface area (Å²) in [5.41, 5.74) is 3.70. The molecule has 0 radical (unpaired) electrons. The Morgan fingerprint density at radius 2 is 2.00 bits per heavy atom. The van der Waals surface area contributed by atoms with Crippen molar-refractivity contribution in [1.29, 1.82) is 0 Å². The lowest BCUT2D eigenvalue weighted by molar-refractivity contribution is 0.724. The third-order valence-electron chi connectivity index (χ3n) is 3.54. The third-order valence-corrected chi connectivity index (χ3v) is 3.88. The molecule has 0 spiro atoms. The summed E-state index contributed by atoms with van der Waals surface area (Å²) in [6, 6.07) is 10.5. The number of hydrogen-bond donors (Lipinski definition) is 0. The molecule has 18 heavy (non-hydrogen) atoms. The second-order valence-corrected chi connectivity index (χ2v) is 5.39. The summed E-state index contributed by atoms with van der Waals surface area (Å²) in [4.78, 5) is 4.53. The van der Waals surface area contributed by atoms with Crippen LogP contribution in [0.5, 0.6) is 0 Å². The van der Waals surface area contributed by atoms with Gasteiger partial charge in [0.05, 0.1) is 10.9 Å². The highest BCUT2D eigenvalue weighted by molar-refractivity contribution is 6.22. The van der Waals surface area contributed by atoms with Crippen molar-refractivity contribution in [3.63, 3.8) is 0 Å². The fraction of sp³-hybridized carbons (Fsp3) is 0.312. The minimum Gasteiger partial charge on any atom is -0.256 e. The molecule has 1 aliphatic rings. The monoisotopic (exact) mass is 257 g/mol. The number of aromatic nitrogens is 1. The van der Waals surface area contributed by atoms with Crippen LogP contribution in [0.25, 0.3) is 16.5 Å². The van der Waals surface area contributed by atoms with E-state index in [0.29, 0.717) is 0 Å². The molecule has 0 saturated heterocycles. The van der Waals surface area contributed by atoms with Gasteiger partial charge in [0.15, 0.2) is 0 Å². The Bertz CT molecular complexity index is 583. The number of nitrogens with zero attached hydrogens (tertiary/aromatic N) is 1. The van der Waals surface area contributed by atoms with Gasteiger partial charge in [-0.25, -0.2) is 0 Å². The highest BCUT2D eigenvalue weighted by Crippen LogP contribution is 2.31. The van der Waals surface area contributed by atoms with Gasteiger partial charge in [-0.1, -0.05) is 36.8 Å². The van der Waals surface area contributed by atoms with Crippen LogP contribution >= 0.6 is 11.6 Å². The van der Waals surface area contributed by atoms with Gasteiger partial charge in [-0.3, -0.25) is 4.98 Å².